The molecule has 0 aromatic rings. The number of hydrogen-bond acceptors (Lipinski definition) is 1. The van der Waals surface area contributed by atoms with Crippen molar-refractivity contribution in [1.82, 2.24) is 5.32 Å². The fourth-order valence-corrected chi connectivity index (χ4v) is 3.76. The molecule has 0 amide bonds. The topological polar surface area (TPSA) is 12.0 Å². The Morgan fingerprint density at radius 2 is 1.81 bits per heavy atom. The summed E-state index contributed by atoms with van der Waals surface area (Å²) in [7, 11) is 0. The highest BCUT2D eigenvalue weighted by Gasteiger charge is 2.36. The van der Waals surface area contributed by atoms with Crippen molar-refractivity contribution in [2.75, 3.05) is 6.54 Å². The van der Waals surface area contributed by atoms with Gasteiger partial charge in [0.1, 0.15) is 0 Å². The van der Waals surface area contributed by atoms with Crippen molar-refractivity contribution in [3.05, 3.63) is 0 Å². The molecule has 3 saturated carbocycles. The Labute approximate surface area is 100 Å². The molecular weight excluding hydrogens is 194 g/mol. The third-order valence-corrected chi connectivity index (χ3v) is 5.38. The van der Waals surface area contributed by atoms with Crippen LogP contribution in [0.2, 0.25) is 0 Å². The normalized spacial score (nSPS) is 38.1. The van der Waals surface area contributed by atoms with Crippen LogP contribution >= 0.6 is 0 Å². The summed E-state index contributed by atoms with van der Waals surface area (Å²) in [6.45, 7) is 3.75. The monoisotopic (exact) mass is 221 g/mol. The summed E-state index contributed by atoms with van der Waals surface area (Å²) in [5, 5.41) is 3.88. The lowest BCUT2D eigenvalue weighted by molar-refractivity contribution is 0.139. The lowest BCUT2D eigenvalue weighted by Crippen LogP contribution is -2.43. The van der Waals surface area contributed by atoms with Crippen LogP contribution in [0.1, 0.15) is 64.7 Å². The molecule has 3 fully saturated rings. The Morgan fingerprint density at radius 3 is 2.44 bits per heavy atom. The van der Waals surface area contributed by atoms with Crippen LogP contribution in [0.4, 0.5) is 0 Å². The lowest BCUT2D eigenvalue weighted by atomic mass is 9.70. The summed E-state index contributed by atoms with van der Waals surface area (Å²) in [6.07, 6.45) is 13.4. The van der Waals surface area contributed by atoms with Crippen LogP contribution in [0, 0.1) is 17.3 Å². The molecule has 2 unspecified atom stereocenters. The molecule has 0 saturated heterocycles. The molecule has 0 aromatic carbocycles. The highest BCUT2D eigenvalue weighted by atomic mass is 14.9. The number of hydrogen-bond donors (Lipinski definition) is 1. The van der Waals surface area contributed by atoms with Gasteiger partial charge >= 0.3 is 0 Å². The summed E-state index contributed by atoms with van der Waals surface area (Å²) < 4.78 is 0. The molecule has 16 heavy (non-hydrogen) atoms. The standard InChI is InChI=1S/C15H27N/c1-15(8-3-9-15)11-16-14-5-2-4-13(10-14)12-6-7-12/h12-14,16H,2-11H2,1H3. The second-order valence-corrected chi connectivity index (χ2v) is 7.01. The largest absolute Gasteiger partial charge is 0.313 e. The molecule has 1 N–H and O–H groups in total. The summed E-state index contributed by atoms with van der Waals surface area (Å²) in [6, 6.07) is 0.858. The van der Waals surface area contributed by atoms with Gasteiger partial charge in [-0.25, -0.2) is 0 Å². The van der Waals surface area contributed by atoms with Crippen molar-refractivity contribution < 1.29 is 0 Å². The molecule has 0 spiro atoms. The van der Waals surface area contributed by atoms with Crippen molar-refractivity contribution in [2.45, 2.75) is 70.8 Å². The Morgan fingerprint density at radius 1 is 1.00 bits per heavy atom. The van der Waals surface area contributed by atoms with Crippen LogP contribution in [0.15, 0.2) is 0 Å². The first-order chi connectivity index (χ1) is 7.75. The molecule has 1 heteroatoms. The van der Waals surface area contributed by atoms with Crippen molar-refractivity contribution in [3.63, 3.8) is 0 Å². The Balaban J connectivity index is 1.43. The van der Waals surface area contributed by atoms with E-state index in [4.69, 9.17) is 0 Å². The van der Waals surface area contributed by atoms with Crippen molar-refractivity contribution in [2.24, 2.45) is 17.3 Å². The fourth-order valence-electron chi connectivity index (χ4n) is 3.76. The molecule has 92 valence electrons. The van der Waals surface area contributed by atoms with Crippen LogP contribution in [0.5, 0.6) is 0 Å². The van der Waals surface area contributed by atoms with Crippen LogP contribution in [0.25, 0.3) is 0 Å². The van der Waals surface area contributed by atoms with Crippen LogP contribution < -0.4 is 5.32 Å². The molecule has 0 aromatic heterocycles. The van der Waals surface area contributed by atoms with E-state index in [1.54, 1.807) is 0 Å². The highest BCUT2D eigenvalue weighted by molar-refractivity contribution is 4.90. The molecular formula is C15H27N. The van der Waals surface area contributed by atoms with Gasteiger partial charge in [0.15, 0.2) is 0 Å². The average Bonchev–Trinajstić information content (AvgIpc) is 3.08. The van der Waals surface area contributed by atoms with E-state index < -0.39 is 0 Å². The van der Waals surface area contributed by atoms with E-state index >= 15 is 0 Å². The maximum atomic E-state index is 3.88. The maximum absolute atomic E-state index is 3.88. The summed E-state index contributed by atoms with van der Waals surface area (Å²) >= 11 is 0. The minimum Gasteiger partial charge on any atom is -0.313 e. The molecule has 3 rings (SSSR count). The van der Waals surface area contributed by atoms with Crippen LogP contribution in [-0.2, 0) is 0 Å². The molecule has 2 atom stereocenters. The maximum Gasteiger partial charge on any atom is 0.00700 e. The average molecular weight is 221 g/mol. The predicted octanol–water partition coefficient (Wildman–Crippen LogP) is 3.74. The number of nitrogens with one attached hydrogen (secondary N) is 1. The third kappa shape index (κ3) is 2.45. The third-order valence-electron chi connectivity index (χ3n) is 5.38. The zero-order chi connectivity index (χ0) is 11.0. The van der Waals surface area contributed by atoms with Gasteiger partial charge in [0.25, 0.3) is 0 Å². The van der Waals surface area contributed by atoms with Gasteiger partial charge in [0, 0.05) is 12.6 Å². The molecule has 3 aliphatic rings. The first-order valence-corrected chi connectivity index (χ1v) is 7.49. The van der Waals surface area contributed by atoms with Gasteiger partial charge in [-0.1, -0.05) is 26.2 Å². The van der Waals surface area contributed by atoms with Gasteiger partial charge < -0.3 is 5.32 Å². The van der Waals surface area contributed by atoms with Gasteiger partial charge in [-0.15, -0.1) is 0 Å². The van der Waals surface area contributed by atoms with Gasteiger partial charge in [0.2, 0.25) is 0 Å². The van der Waals surface area contributed by atoms with Crippen molar-refractivity contribution in [1.29, 1.82) is 0 Å². The summed E-state index contributed by atoms with van der Waals surface area (Å²) in [5.41, 5.74) is 0.659. The van der Waals surface area contributed by atoms with E-state index in [9.17, 15) is 0 Å². The SMILES string of the molecule is CC1(CNC2CCCC(C3CC3)C2)CCC1. The number of rotatable bonds is 4. The molecule has 0 heterocycles. The Bertz CT molecular complexity index is 240. The molecule has 0 radical (unpaired) electrons. The quantitative estimate of drug-likeness (QED) is 0.762. The second-order valence-electron chi connectivity index (χ2n) is 7.01. The lowest BCUT2D eigenvalue weighted by Gasteiger charge is -2.41. The first kappa shape index (κ1) is 11.1. The molecule has 0 bridgehead atoms. The van der Waals surface area contributed by atoms with Crippen LogP contribution in [-0.4, -0.2) is 12.6 Å². The minimum absolute atomic E-state index is 0.659. The molecule has 1 nitrogen and oxygen atoms in total. The van der Waals surface area contributed by atoms with E-state index in [0.717, 1.165) is 17.9 Å². The zero-order valence-electron chi connectivity index (χ0n) is 10.8. The zero-order valence-corrected chi connectivity index (χ0v) is 10.8. The fraction of sp³-hybridized carbons (Fsp3) is 1.00. The summed E-state index contributed by atoms with van der Waals surface area (Å²) in [4.78, 5) is 0. The molecule has 0 aliphatic heterocycles. The van der Waals surface area contributed by atoms with Gasteiger partial charge in [0.05, 0.1) is 0 Å². The Kier molecular flexibility index (Phi) is 2.99. The van der Waals surface area contributed by atoms with E-state index in [1.807, 2.05) is 0 Å². The molecule has 3 aliphatic carbocycles. The van der Waals surface area contributed by atoms with E-state index in [0.29, 0.717) is 5.41 Å². The van der Waals surface area contributed by atoms with E-state index in [-0.39, 0.29) is 0 Å². The van der Waals surface area contributed by atoms with Crippen molar-refractivity contribution >= 4 is 0 Å². The van der Waals surface area contributed by atoms with Gasteiger partial charge in [-0.2, -0.15) is 0 Å². The van der Waals surface area contributed by atoms with Gasteiger partial charge in [-0.3, -0.25) is 0 Å². The van der Waals surface area contributed by atoms with E-state index in [2.05, 4.69) is 12.2 Å². The summed E-state index contributed by atoms with van der Waals surface area (Å²) in [5.74, 6) is 2.21. The van der Waals surface area contributed by atoms with Crippen molar-refractivity contribution in [3.8, 4) is 0 Å². The highest BCUT2D eigenvalue weighted by Crippen LogP contribution is 2.44. The minimum atomic E-state index is 0.659. The van der Waals surface area contributed by atoms with E-state index in [1.165, 1.54) is 64.3 Å². The first-order valence-electron chi connectivity index (χ1n) is 7.49. The predicted molar refractivity (Wildman–Crippen MR) is 68.4 cm³/mol. The Hall–Kier alpha value is -0.0400. The second kappa shape index (κ2) is 4.33. The smallest absolute Gasteiger partial charge is 0.00700 e. The van der Waals surface area contributed by atoms with Crippen LogP contribution in [0.3, 0.4) is 0 Å². The van der Waals surface area contributed by atoms with Gasteiger partial charge in [-0.05, 0) is 55.8 Å².